The van der Waals surface area contributed by atoms with Gasteiger partial charge in [0.05, 0.1) is 0 Å². The van der Waals surface area contributed by atoms with Crippen LogP contribution >= 0.6 is 11.8 Å². The van der Waals surface area contributed by atoms with Crippen LogP contribution in [0.15, 0.2) is 173 Å². The lowest BCUT2D eigenvalue weighted by Gasteiger charge is -2.14. The van der Waals surface area contributed by atoms with Crippen molar-refractivity contribution < 1.29 is 4.42 Å². The molecule has 52 heavy (non-hydrogen) atoms. The first kappa shape index (κ1) is 29.4. The van der Waals surface area contributed by atoms with Gasteiger partial charge in [-0.2, -0.15) is 0 Å². The maximum Gasteiger partial charge on any atom is 0.164 e. The van der Waals surface area contributed by atoms with E-state index in [1.165, 1.54) is 26.8 Å². The Morgan fingerprint density at radius 1 is 0.481 bits per heavy atom. The van der Waals surface area contributed by atoms with Crippen LogP contribution in [0, 0.1) is 0 Å². The fourth-order valence-electron chi connectivity index (χ4n) is 7.89. The van der Waals surface area contributed by atoms with Crippen LogP contribution in [0.3, 0.4) is 0 Å². The number of nitrogens with zero attached hydrogens (tertiary/aromatic N) is 3. The molecule has 4 nitrogen and oxygen atoms in total. The highest BCUT2D eigenvalue weighted by Crippen LogP contribution is 2.52. The first-order valence-electron chi connectivity index (χ1n) is 17.6. The Balaban J connectivity index is 1.18. The first-order chi connectivity index (χ1) is 25.7. The number of rotatable bonds is 4. The summed E-state index contributed by atoms with van der Waals surface area (Å²) in [5.74, 6) is 2.24. The van der Waals surface area contributed by atoms with Crippen LogP contribution in [0.1, 0.15) is 11.5 Å². The maximum atomic E-state index is 6.62. The highest BCUT2D eigenvalue weighted by Gasteiger charge is 2.33. The molecule has 0 amide bonds. The SMILES string of the molecule is C1=CC2Sc3c(-c4cc(-c5nc(-c6ccc7ccccc7c6)nc(-c6ccc7ccccc7c6)n5)c5c(c4)oc4ccccc45)cccc3C2C=C1. The highest BCUT2D eigenvalue weighted by molar-refractivity contribution is 8.00. The molecule has 244 valence electrons. The van der Waals surface area contributed by atoms with E-state index in [9.17, 15) is 0 Å². The van der Waals surface area contributed by atoms with Crippen LogP contribution in [0.25, 0.3) is 88.8 Å². The van der Waals surface area contributed by atoms with Gasteiger partial charge in [0.25, 0.3) is 0 Å². The van der Waals surface area contributed by atoms with Gasteiger partial charge in [-0.3, -0.25) is 0 Å². The number of hydrogen-bond donors (Lipinski definition) is 0. The molecule has 2 unspecified atom stereocenters. The van der Waals surface area contributed by atoms with Crippen molar-refractivity contribution in [1.82, 2.24) is 15.0 Å². The van der Waals surface area contributed by atoms with Gasteiger partial charge in [0.15, 0.2) is 17.5 Å². The van der Waals surface area contributed by atoms with Gasteiger partial charge in [-0.05, 0) is 68.6 Å². The van der Waals surface area contributed by atoms with Gasteiger partial charge < -0.3 is 4.42 Å². The molecule has 0 saturated carbocycles. The first-order valence-corrected chi connectivity index (χ1v) is 18.5. The van der Waals surface area contributed by atoms with Crippen molar-refractivity contribution in [2.24, 2.45) is 0 Å². The molecule has 0 N–H and O–H groups in total. The van der Waals surface area contributed by atoms with E-state index >= 15 is 0 Å². The average molecular weight is 684 g/mol. The summed E-state index contributed by atoms with van der Waals surface area (Å²) in [6.45, 7) is 0. The number of allylic oxidation sites excluding steroid dienone is 3. The second-order valence-corrected chi connectivity index (χ2v) is 14.7. The molecule has 3 heterocycles. The summed E-state index contributed by atoms with van der Waals surface area (Å²) in [5.41, 5.74) is 8.09. The number of furan rings is 1. The lowest BCUT2D eigenvalue weighted by molar-refractivity contribution is 0.669. The summed E-state index contributed by atoms with van der Waals surface area (Å²) < 4.78 is 6.62. The number of hydrogen-bond acceptors (Lipinski definition) is 5. The van der Waals surface area contributed by atoms with E-state index in [2.05, 4.69) is 152 Å². The van der Waals surface area contributed by atoms with Gasteiger partial charge in [0.2, 0.25) is 0 Å². The zero-order valence-corrected chi connectivity index (χ0v) is 28.7. The van der Waals surface area contributed by atoms with Crippen molar-refractivity contribution in [3.63, 3.8) is 0 Å². The van der Waals surface area contributed by atoms with Crippen molar-refractivity contribution in [2.45, 2.75) is 16.1 Å². The Morgan fingerprint density at radius 2 is 1.13 bits per heavy atom. The van der Waals surface area contributed by atoms with Gasteiger partial charge in [-0.15, -0.1) is 11.8 Å². The predicted molar refractivity (Wildman–Crippen MR) is 215 cm³/mol. The molecule has 0 bridgehead atoms. The van der Waals surface area contributed by atoms with E-state index in [0.29, 0.717) is 28.6 Å². The monoisotopic (exact) mass is 683 g/mol. The summed E-state index contributed by atoms with van der Waals surface area (Å²) in [7, 11) is 0. The van der Waals surface area contributed by atoms with Crippen molar-refractivity contribution >= 4 is 55.2 Å². The Labute approximate surface area is 304 Å². The van der Waals surface area contributed by atoms with Crippen LogP contribution < -0.4 is 0 Å². The van der Waals surface area contributed by atoms with E-state index in [0.717, 1.165) is 55.0 Å². The van der Waals surface area contributed by atoms with Gasteiger partial charge in [-0.1, -0.05) is 133 Å². The second kappa shape index (κ2) is 11.6. The van der Waals surface area contributed by atoms with Crippen LogP contribution in [0.4, 0.5) is 0 Å². The zero-order valence-electron chi connectivity index (χ0n) is 27.9. The van der Waals surface area contributed by atoms with E-state index in [1.807, 2.05) is 23.9 Å². The molecule has 2 aromatic heterocycles. The molecule has 5 heteroatoms. The van der Waals surface area contributed by atoms with Gasteiger partial charge in [0.1, 0.15) is 11.2 Å². The van der Waals surface area contributed by atoms with Gasteiger partial charge >= 0.3 is 0 Å². The van der Waals surface area contributed by atoms with Gasteiger partial charge in [0, 0.05) is 43.5 Å². The fraction of sp³-hybridized carbons (Fsp3) is 0.0426. The summed E-state index contributed by atoms with van der Waals surface area (Å²) in [5, 5.41) is 7.06. The van der Waals surface area contributed by atoms with Gasteiger partial charge in [-0.25, -0.2) is 15.0 Å². The smallest absolute Gasteiger partial charge is 0.164 e. The molecule has 0 spiro atoms. The number of benzene rings is 7. The topological polar surface area (TPSA) is 51.8 Å². The van der Waals surface area contributed by atoms with Crippen molar-refractivity contribution in [3.8, 4) is 45.3 Å². The molecule has 0 radical (unpaired) electrons. The minimum absolute atomic E-state index is 0.372. The number of para-hydroxylation sites is 1. The third-order valence-electron chi connectivity index (χ3n) is 10.4. The molecule has 2 atom stereocenters. The zero-order chi connectivity index (χ0) is 34.2. The minimum Gasteiger partial charge on any atom is -0.456 e. The summed E-state index contributed by atoms with van der Waals surface area (Å²) in [6.07, 6.45) is 8.98. The third kappa shape index (κ3) is 4.74. The number of thioether (sulfide) groups is 1. The Bertz CT molecular complexity index is 2880. The minimum atomic E-state index is 0.372. The molecule has 2 aliphatic rings. The second-order valence-electron chi connectivity index (χ2n) is 13.5. The largest absolute Gasteiger partial charge is 0.456 e. The van der Waals surface area contributed by atoms with Crippen molar-refractivity contribution in [3.05, 3.63) is 169 Å². The molecule has 0 saturated heterocycles. The quantitative estimate of drug-likeness (QED) is 0.185. The van der Waals surface area contributed by atoms with E-state index in [-0.39, 0.29) is 0 Å². The number of fused-ring (bicyclic) bond motifs is 8. The Hall–Kier alpha value is -6.30. The lowest BCUT2D eigenvalue weighted by atomic mass is 9.90. The summed E-state index contributed by atoms with van der Waals surface area (Å²) >= 11 is 1.94. The van der Waals surface area contributed by atoms with Crippen molar-refractivity contribution in [2.75, 3.05) is 0 Å². The summed E-state index contributed by atoms with van der Waals surface area (Å²) in [6, 6.07) is 49.0. The van der Waals surface area contributed by atoms with Crippen LogP contribution in [0.5, 0.6) is 0 Å². The molecule has 11 rings (SSSR count). The van der Waals surface area contributed by atoms with Crippen LogP contribution in [0.2, 0.25) is 0 Å². The lowest BCUT2D eigenvalue weighted by Crippen LogP contribution is -2.06. The molecule has 0 fully saturated rings. The normalized spacial score (nSPS) is 16.2. The third-order valence-corrected chi connectivity index (χ3v) is 11.8. The Kier molecular flexibility index (Phi) is 6.58. The Morgan fingerprint density at radius 3 is 1.88 bits per heavy atom. The van der Waals surface area contributed by atoms with Crippen molar-refractivity contribution in [1.29, 1.82) is 0 Å². The molecular formula is C47H29N3OS. The standard InChI is InChI=1S/C47H29N3OS/c1-3-12-30-24-32(22-20-28(30)10-1)45-48-46(33-23-21-29-11-2-4-13-31(29)25-33)50-47(49-45)39-26-34(27-41-43(39)38-15-5-7-18-40(38)51-41)35-16-9-17-37-36-14-6-8-19-42(36)52-44(35)37/h1-27,36,42H. The van der Waals surface area contributed by atoms with Crippen LogP contribution in [-0.2, 0) is 0 Å². The number of aromatic nitrogens is 3. The molecule has 7 aromatic carbocycles. The predicted octanol–water partition coefficient (Wildman–Crippen LogP) is 12.4. The molecule has 1 aliphatic carbocycles. The fourth-order valence-corrected chi connectivity index (χ4v) is 9.37. The van der Waals surface area contributed by atoms with E-state index in [4.69, 9.17) is 19.4 Å². The van der Waals surface area contributed by atoms with E-state index < -0.39 is 0 Å². The highest BCUT2D eigenvalue weighted by atomic mass is 32.2. The average Bonchev–Trinajstić information content (AvgIpc) is 3.78. The van der Waals surface area contributed by atoms with Crippen LogP contribution in [-0.4, -0.2) is 20.2 Å². The molecule has 9 aromatic rings. The molecular weight excluding hydrogens is 655 g/mol. The maximum absolute atomic E-state index is 6.62. The van der Waals surface area contributed by atoms with E-state index in [1.54, 1.807) is 0 Å². The molecule has 1 aliphatic heterocycles. The summed E-state index contributed by atoms with van der Waals surface area (Å²) in [4.78, 5) is 17.0.